The molecule has 0 saturated carbocycles. The summed E-state index contributed by atoms with van der Waals surface area (Å²) in [4.78, 5) is 89.6. The molecule has 0 aliphatic carbocycles. The minimum absolute atomic E-state index is 0.0114. The van der Waals surface area contributed by atoms with E-state index in [1.807, 2.05) is 44.2 Å². The minimum Gasteiger partial charge on any atom is -0.395 e. The van der Waals surface area contributed by atoms with Gasteiger partial charge in [-0.3, -0.25) is 33.6 Å². The van der Waals surface area contributed by atoms with Crippen molar-refractivity contribution in [1.82, 2.24) is 15.5 Å². The van der Waals surface area contributed by atoms with Gasteiger partial charge in [-0.2, -0.15) is 0 Å². The number of ketones is 2. The summed E-state index contributed by atoms with van der Waals surface area (Å²) >= 11 is 0. The molecule has 1 aromatic rings. The lowest BCUT2D eigenvalue weighted by Crippen LogP contribution is -2.52. The molecule has 5 atom stereocenters. The van der Waals surface area contributed by atoms with Gasteiger partial charge in [0, 0.05) is 50.7 Å². The summed E-state index contributed by atoms with van der Waals surface area (Å²) in [6.45, 7) is 3.04. The lowest BCUT2D eigenvalue weighted by Gasteiger charge is -2.32. The number of carbonyl (C=O) groups is 7. The van der Waals surface area contributed by atoms with Crippen molar-refractivity contribution in [3.63, 3.8) is 0 Å². The van der Waals surface area contributed by atoms with Crippen molar-refractivity contribution in [2.75, 3.05) is 26.3 Å². The van der Waals surface area contributed by atoms with Gasteiger partial charge >= 0.3 is 0 Å². The molecule has 0 spiro atoms. The summed E-state index contributed by atoms with van der Waals surface area (Å²) in [6, 6.07) is 5.18. The Morgan fingerprint density at radius 2 is 1.45 bits per heavy atom. The van der Waals surface area contributed by atoms with Gasteiger partial charge in [0.15, 0.2) is 11.6 Å². The number of nitrogens with zero attached hydrogens (tertiary/aromatic N) is 1. The maximum Gasteiger partial charge on any atom is 0.239 e. The number of nitrogens with two attached hydrogens (primary N) is 4. The van der Waals surface area contributed by atoms with E-state index in [2.05, 4.69) is 10.6 Å². The van der Waals surface area contributed by atoms with Gasteiger partial charge in [0.2, 0.25) is 29.5 Å². The SMILES string of the molecule is CC(C)CCC(=O)N(CC(N)CO)C(CC(N)=O)C(=O)CCC(CCC(=O)NCCCCCC(=O)C(Cc1ccccc1)NC(=O)C(N)CO)C(N)=O. The van der Waals surface area contributed by atoms with Gasteiger partial charge < -0.3 is 48.7 Å². The zero-order valence-corrected chi connectivity index (χ0v) is 31.2. The average Bonchev–Trinajstić information content (AvgIpc) is 3.12. The monoisotopic (exact) mass is 747 g/mol. The largest absolute Gasteiger partial charge is 0.395 e. The van der Waals surface area contributed by atoms with Crippen LogP contribution in [0.5, 0.6) is 0 Å². The molecule has 0 aromatic heterocycles. The first-order valence-electron chi connectivity index (χ1n) is 18.4. The van der Waals surface area contributed by atoms with E-state index < -0.39 is 79.1 Å². The molecule has 1 aromatic carbocycles. The van der Waals surface area contributed by atoms with Crippen molar-refractivity contribution in [1.29, 1.82) is 0 Å². The molecule has 0 saturated heterocycles. The third-order valence-corrected chi connectivity index (χ3v) is 8.87. The number of unbranched alkanes of at least 4 members (excludes halogenated alkanes) is 2. The highest BCUT2D eigenvalue weighted by Gasteiger charge is 2.33. The van der Waals surface area contributed by atoms with Gasteiger partial charge in [-0.25, -0.2) is 0 Å². The number of Topliss-reactive ketones (excluding diaryl/α,β-unsaturated/α-hetero) is 2. The van der Waals surface area contributed by atoms with E-state index in [0.29, 0.717) is 32.2 Å². The number of rotatable bonds is 29. The number of hydrogen-bond donors (Lipinski definition) is 8. The second kappa shape index (κ2) is 25.7. The molecule has 1 rings (SSSR count). The summed E-state index contributed by atoms with van der Waals surface area (Å²) < 4.78 is 0. The van der Waals surface area contributed by atoms with Crippen LogP contribution in [0.4, 0.5) is 0 Å². The zero-order valence-electron chi connectivity index (χ0n) is 31.2. The predicted octanol–water partition coefficient (Wildman–Crippen LogP) is -0.661. The molecule has 5 unspecified atom stereocenters. The van der Waals surface area contributed by atoms with Crippen LogP contribution in [0.1, 0.15) is 90.0 Å². The standard InChI is InChI=1S/C37H61N7O9/c1-24(2)12-17-35(51)44(21-27(38)22-45)30(20-33(40)49)32(48)15-13-26(36(41)52)14-16-34(50)42-18-8-4-7-11-31(47)29(43-37(53)28(39)23-46)19-25-9-5-3-6-10-25/h3,5-6,9-10,24,26-30,45-46H,4,7-8,11-23,38-39H2,1-2H3,(H2,40,49)(H2,41,52)(H,42,50)(H,43,53). The molecule has 16 nitrogen and oxygen atoms in total. The predicted molar refractivity (Wildman–Crippen MR) is 198 cm³/mol. The van der Waals surface area contributed by atoms with E-state index in [-0.39, 0.29) is 69.1 Å². The first kappa shape index (κ1) is 46.8. The molecular formula is C37H61N7O9. The first-order valence-corrected chi connectivity index (χ1v) is 18.4. The third kappa shape index (κ3) is 19.4. The number of primary amides is 2. The number of aliphatic hydroxyl groups excluding tert-OH is 2. The smallest absolute Gasteiger partial charge is 0.239 e. The van der Waals surface area contributed by atoms with Crippen molar-refractivity contribution in [2.24, 2.45) is 34.8 Å². The summed E-state index contributed by atoms with van der Waals surface area (Å²) in [6.07, 6.45) is 2.19. The van der Waals surface area contributed by atoms with Crippen LogP contribution in [0.3, 0.4) is 0 Å². The Morgan fingerprint density at radius 1 is 0.792 bits per heavy atom. The quantitative estimate of drug-likeness (QED) is 0.0476. The van der Waals surface area contributed by atoms with E-state index in [0.717, 1.165) is 5.56 Å². The van der Waals surface area contributed by atoms with E-state index in [1.54, 1.807) is 0 Å². The van der Waals surface area contributed by atoms with Gasteiger partial charge in [0.05, 0.1) is 31.7 Å². The summed E-state index contributed by atoms with van der Waals surface area (Å²) in [5.74, 6) is -4.16. The lowest BCUT2D eigenvalue weighted by molar-refractivity contribution is -0.142. The lowest BCUT2D eigenvalue weighted by atomic mass is 9.92. The summed E-state index contributed by atoms with van der Waals surface area (Å²) in [5.41, 5.74) is 23.4. The summed E-state index contributed by atoms with van der Waals surface area (Å²) in [5, 5.41) is 24.1. The van der Waals surface area contributed by atoms with Crippen LogP contribution in [-0.4, -0.2) is 107 Å². The second-order valence-corrected chi connectivity index (χ2v) is 13.9. The van der Waals surface area contributed by atoms with E-state index in [9.17, 15) is 43.8 Å². The minimum atomic E-state index is -1.23. The molecule has 16 heteroatoms. The Morgan fingerprint density at radius 3 is 2.04 bits per heavy atom. The van der Waals surface area contributed by atoms with Crippen LogP contribution in [0, 0.1) is 11.8 Å². The Labute approximate surface area is 312 Å². The fourth-order valence-electron chi connectivity index (χ4n) is 5.62. The highest BCUT2D eigenvalue weighted by atomic mass is 16.3. The molecule has 0 radical (unpaired) electrons. The average molecular weight is 748 g/mol. The maximum absolute atomic E-state index is 13.4. The van der Waals surface area contributed by atoms with E-state index >= 15 is 0 Å². The summed E-state index contributed by atoms with van der Waals surface area (Å²) in [7, 11) is 0. The van der Waals surface area contributed by atoms with Crippen LogP contribution in [-0.2, 0) is 40.0 Å². The molecule has 0 aliphatic rings. The number of benzene rings is 1. The molecule has 0 heterocycles. The third-order valence-electron chi connectivity index (χ3n) is 8.87. The number of hydrogen-bond acceptors (Lipinski definition) is 11. The van der Waals surface area contributed by atoms with Crippen LogP contribution in [0.15, 0.2) is 30.3 Å². The van der Waals surface area contributed by atoms with Gasteiger partial charge in [-0.1, -0.05) is 50.6 Å². The Balaban J connectivity index is 2.64. The fraction of sp³-hybridized carbons (Fsp3) is 0.649. The van der Waals surface area contributed by atoms with Crippen LogP contribution < -0.4 is 33.6 Å². The molecule has 5 amide bonds. The van der Waals surface area contributed by atoms with Crippen LogP contribution >= 0.6 is 0 Å². The van der Waals surface area contributed by atoms with Gasteiger partial charge in [-0.05, 0) is 50.0 Å². The Kier molecular flexibility index (Phi) is 22.7. The first-order chi connectivity index (χ1) is 25.1. The van der Waals surface area contributed by atoms with E-state index in [4.69, 9.17) is 22.9 Å². The van der Waals surface area contributed by atoms with Crippen LogP contribution in [0.25, 0.3) is 0 Å². The molecule has 0 aliphatic heterocycles. The number of nitrogens with one attached hydrogen (secondary N) is 2. The normalized spacial score (nSPS) is 14.0. The highest BCUT2D eigenvalue weighted by Crippen LogP contribution is 2.19. The van der Waals surface area contributed by atoms with E-state index in [1.165, 1.54) is 4.90 Å². The van der Waals surface area contributed by atoms with Crippen molar-refractivity contribution in [2.45, 2.75) is 115 Å². The zero-order chi connectivity index (χ0) is 39.9. The van der Waals surface area contributed by atoms with Gasteiger partial charge in [0.1, 0.15) is 6.04 Å². The number of amides is 5. The highest BCUT2D eigenvalue weighted by molar-refractivity contribution is 5.93. The maximum atomic E-state index is 13.4. The van der Waals surface area contributed by atoms with Gasteiger partial charge in [-0.15, -0.1) is 0 Å². The van der Waals surface area contributed by atoms with Crippen molar-refractivity contribution >= 4 is 41.1 Å². The molecule has 53 heavy (non-hydrogen) atoms. The van der Waals surface area contributed by atoms with Crippen molar-refractivity contribution in [3.8, 4) is 0 Å². The molecule has 0 fully saturated rings. The molecular weight excluding hydrogens is 686 g/mol. The molecule has 12 N–H and O–H groups in total. The van der Waals surface area contributed by atoms with Crippen LogP contribution in [0.2, 0.25) is 0 Å². The van der Waals surface area contributed by atoms with Crippen molar-refractivity contribution < 1.29 is 43.8 Å². The number of carbonyl (C=O) groups excluding carboxylic acids is 7. The van der Waals surface area contributed by atoms with Crippen molar-refractivity contribution in [3.05, 3.63) is 35.9 Å². The van der Waals surface area contributed by atoms with Gasteiger partial charge in [0.25, 0.3) is 0 Å². The topological polar surface area (TPSA) is 291 Å². The Hall–Kier alpha value is -4.25. The number of aliphatic hydroxyl groups is 2. The molecule has 0 bridgehead atoms. The fourth-order valence-corrected chi connectivity index (χ4v) is 5.62. The Bertz CT molecular complexity index is 1330. The second-order valence-electron chi connectivity index (χ2n) is 13.9. The molecule has 298 valence electrons.